The fourth-order valence-corrected chi connectivity index (χ4v) is 4.18. The Balaban J connectivity index is 1.66. The van der Waals surface area contributed by atoms with E-state index in [1.165, 1.54) is 16.7 Å². The molecule has 1 fully saturated rings. The Morgan fingerprint density at radius 1 is 1.19 bits per heavy atom. The summed E-state index contributed by atoms with van der Waals surface area (Å²) in [5.74, 6) is 1.31. The maximum atomic E-state index is 12.9. The zero-order valence-electron chi connectivity index (χ0n) is 14.0. The van der Waals surface area contributed by atoms with Crippen LogP contribution in [0.2, 0.25) is 0 Å². The summed E-state index contributed by atoms with van der Waals surface area (Å²) in [6.07, 6.45) is 3.89. The summed E-state index contributed by atoms with van der Waals surface area (Å²) in [5.41, 5.74) is 2.59. The van der Waals surface area contributed by atoms with Gasteiger partial charge < -0.3 is 9.47 Å². The molecule has 0 spiro atoms. The van der Waals surface area contributed by atoms with Crippen molar-refractivity contribution in [2.45, 2.75) is 0 Å². The zero-order chi connectivity index (χ0) is 18.1. The van der Waals surface area contributed by atoms with Gasteiger partial charge in [-0.15, -0.1) is 0 Å². The third kappa shape index (κ3) is 3.02. The second-order valence-corrected chi connectivity index (χ2v) is 7.41. The van der Waals surface area contributed by atoms with E-state index in [1.807, 2.05) is 60.7 Å². The van der Waals surface area contributed by atoms with Crippen LogP contribution in [0.25, 0.3) is 6.08 Å². The third-order valence-electron chi connectivity index (χ3n) is 4.09. The molecular formula is C20H15NO3S2. The Hall–Kier alpha value is -2.57. The van der Waals surface area contributed by atoms with E-state index in [0.29, 0.717) is 27.3 Å². The molecule has 0 bridgehead atoms. The van der Waals surface area contributed by atoms with Crippen LogP contribution in [0.1, 0.15) is 5.56 Å². The number of carbonyl (C=O) groups excluding carboxylic acids is 1. The topological polar surface area (TPSA) is 38.8 Å². The molecule has 2 aromatic carbocycles. The highest BCUT2D eigenvalue weighted by Crippen LogP contribution is 2.40. The molecule has 130 valence electrons. The van der Waals surface area contributed by atoms with E-state index in [1.54, 1.807) is 7.11 Å². The number of fused-ring (bicyclic) bond motifs is 1. The summed E-state index contributed by atoms with van der Waals surface area (Å²) in [5, 5.41) is 0. The van der Waals surface area contributed by atoms with Gasteiger partial charge in [0.15, 0.2) is 4.32 Å². The number of methoxy groups -OCH3 is 1. The minimum atomic E-state index is -0.149. The van der Waals surface area contributed by atoms with Crippen LogP contribution >= 0.6 is 24.0 Å². The molecule has 2 aromatic rings. The summed E-state index contributed by atoms with van der Waals surface area (Å²) in [6.45, 7) is 0.426. The van der Waals surface area contributed by atoms with Crippen LogP contribution in [0.15, 0.2) is 65.1 Å². The van der Waals surface area contributed by atoms with Gasteiger partial charge in [-0.25, -0.2) is 0 Å². The molecule has 0 aromatic heterocycles. The molecule has 1 amide bonds. The molecule has 2 heterocycles. The van der Waals surface area contributed by atoms with Gasteiger partial charge in [0, 0.05) is 5.56 Å². The van der Waals surface area contributed by atoms with Gasteiger partial charge in [0.05, 0.1) is 17.7 Å². The average molecular weight is 381 g/mol. The predicted octanol–water partition coefficient (Wildman–Crippen LogP) is 4.42. The van der Waals surface area contributed by atoms with Crippen LogP contribution in [-0.2, 0) is 4.79 Å². The Morgan fingerprint density at radius 3 is 2.81 bits per heavy atom. The fourth-order valence-electron chi connectivity index (χ4n) is 2.88. The molecule has 0 N–H and O–H groups in total. The number of nitrogens with zero attached hydrogens (tertiary/aromatic N) is 1. The Bertz CT molecular complexity index is 965. The summed E-state index contributed by atoms with van der Waals surface area (Å²) >= 11 is 6.72. The number of para-hydroxylation sites is 3. The molecule has 0 atom stereocenters. The number of thiocarbonyl (C=S) groups is 1. The number of ether oxygens (including phenoxy) is 2. The van der Waals surface area contributed by atoms with Crippen molar-refractivity contribution in [2.75, 3.05) is 18.6 Å². The van der Waals surface area contributed by atoms with Crippen LogP contribution in [0.4, 0.5) is 5.69 Å². The first-order chi connectivity index (χ1) is 12.7. The minimum absolute atomic E-state index is 0.149. The molecule has 4 nitrogen and oxygen atoms in total. The van der Waals surface area contributed by atoms with Crippen molar-refractivity contribution < 1.29 is 14.3 Å². The van der Waals surface area contributed by atoms with Crippen molar-refractivity contribution >= 4 is 46.0 Å². The van der Waals surface area contributed by atoms with E-state index in [4.69, 9.17) is 21.7 Å². The second-order valence-electron chi connectivity index (χ2n) is 5.73. The van der Waals surface area contributed by atoms with Crippen LogP contribution in [0, 0.1) is 0 Å². The van der Waals surface area contributed by atoms with Gasteiger partial charge in [0.25, 0.3) is 5.91 Å². The molecule has 2 aliphatic rings. The van der Waals surface area contributed by atoms with Gasteiger partial charge in [-0.05, 0) is 35.9 Å². The summed E-state index contributed by atoms with van der Waals surface area (Å²) in [7, 11) is 1.58. The number of thioether (sulfide) groups is 1. The van der Waals surface area contributed by atoms with Crippen molar-refractivity contribution in [3.8, 4) is 11.5 Å². The van der Waals surface area contributed by atoms with E-state index in [0.717, 1.165) is 16.9 Å². The average Bonchev–Trinajstić information content (AvgIpc) is 2.94. The molecule has 26 heavy (non-hydrogen) atoms. The molecule has 1 saturated heterocycles. The van der Waals surface area contributed by atoms with Crippen LogP contribution in [-0.4, -0.2) is 23.9 Å². The molecule has 2 aliphatic heterocycles. The number of hydrogen-bond donors (Lipinski definition) is 0. The van der Waals surface area contributed by atoms with Gasteiger partial charge in [-0.2, -0.15) is 0 Å². The van der Waals surface area contributed by atoms with Gasteiger partial charge >= 0.3 is 0 Å². The summed E-state index contributed by atoms with van der Waals surface area (Å²) < 4.78 is 11.6. The normalized spacial score (nSPS) is 17.8. The highest BCUT2D eigenvalue weighted by Gasteiger charge is 2.35. The summed E-state index contributed by atoms with van der Waals surface area (Å²) in [6, 6.07) is 15.2. The van der Waals surface area contributed by atoms with Gasteiger partial charge in [0.1, 0.15) is 18.1 Å². The molecule has 4 rings (SSSR count). The van der Waals surface area contributed by atoms with E-state index < -0.39 is 0 Å². The van der Waals surface area contributed by atoms with E-state index in [-0.39, 0.29) is 5.91 Å². The van der Waals surface area contributed by atoms with Crippen molar-refractivity contribution in [1.29, 1.82) is 0 Å². The lowest BCUT2D eigenvalue weighted by Gasteiger charge is -2.17. The van der Waals surface area contributed by atoms with Gasteiger partial charge in [0.2, 0.25) is 0 Å². The predicted molar refractivity (Wildman–Crippen MR) is 109 cm³/mol. The van der Waals surface area contributed by atoms with Crippen molar-refractivity contribution in [3.63, 3.8) is 0 Å². The number of carbonyl (C=O) groups is 1. The van der Waals surface area contributed by atoms with Crippen LogP contribution < -0.4 is 14.4 Å². The van der Waals surface area contributed by atoms with Crippen molar-refractivity contribution in [2.24, 2.45) is 0 Å². The molecule has 0 unspecified atom stereocenters. The maximum absolute atomic E-state index is 12.9. The highest BCUT2D eigenvalue weighted by molar-refractivity contribution is 8.27. The Morgan fingerprint density at radius 2 is 1.96 bits per heavy atom. The van der Waals surface area contributed by atoms with E-state index in [2.05, 4.69) is 0 Å². The monoisotopic (exact) mass is 381 g/mol. The zero-order valence-corrected chi connectivity index (χ0v) is 15.6. The van der Waals surface area contributed by atoms with E-state index in [9.17, 15) is 4.79 Å². The standard InChI is InChI=1S/C20H15NO3S2/c1-23-17-9-5-3-7-15(17)21-19(22)18(26-20(21)25)11-13-10-14-6-2-4-8-16(14)24-12-13/h2-11H,12H2,1H3. The third-order valence-corrected chi connectivity index (χ3v) is 5.39. The molecule has 6 heteroatoms. The largest absolute Gasteiger partial charge is 0.495 e. The number of hydrogen-bond acceptors (Lipinski definition) is 5. The fraction of sp³-hybridized carbons (Fsp3) is 0.100. The van der Waals surface area contributed by atoms with Gasteiger partial charge in [-0.1, -0.05) is 54.3 Å². The second kappa shape index (κ2) is 6.97. The number of rotatable bonds is 3. The molecular weight excluding hydrogens is 366 g/mol. The smallest absolute Gasteiger partial charge is 0.270 e. The van der Waals surface area contributed by atoms with Crippen molar-refractivity contribution in [1.82, 2.24) is 0 Å². The quantitative estimate of drug-likeness (QED) is 0.581. The lowest BCUT2D eigenvalue weighted by atomic mass is 10.1. The van der Waals surface area contributed by atoms with Crippen LogP contribution in [0.3, 0.4) is 0 Å². The minimum Gasteiger partial charge on any atom is -0.495 e. The lowest BCUT2D eigenvalue weighted by molar-refractivity contribution is -0.113. The van der Waals surface area contributed by atoms with Crippen LogP contribution in [0.5, 0.6) is 11.5 Å². The number of anilines is 1. The SMILES string of the molecule is COc1ccccc1N1C(=O)C(=CC2=Cc3ccccc3OC2)SC1=S. The summed E-state index contributed by atoms with van der Waals surface area (Å²) in [4.78, 5) is 15.0. The molecule has 0 aliphatic carbocycles. The first kappa shape index (κ1) is 16.9. The highest BCUT2D eigenvalue weighted by atomic mass is 32.2. The first-order valence-electron chi connectivity index (χ1n) is 8.01. The number of amides is 1. The Kier molecular flexibility index (Phi) is 4.53. The van der Waals surface area contributed by atoms with E-state index >= 15 is 0 Å². The number of benzene rings is 2. The Labute approximate surface area is 161 Å². The first-order valence-corrected chi connectivity index (χ1v) is 9.23. The van der Waals surface area contributed by atoms with Crippen molar-refractivity contribution in [3.05, 3.63) is 70.6 Å². The molecule has 0 saturated carbocycles. The lowest BCUT2D eigenvalue weighted by Crippen LogP contribution is -2.28. The van der Waals surface area contributed by atoms with Gasteiger partial charge in [-0.3, -0.25) is 9.69 Å². The maximum Gasteiger partial charge on any atom is 0.270 e. The molecule has 0 radical (unpaired) electrons.